The van der Waals surface area contributed by atoms with Crippen LogP contribution in [0.5, 0.6) is 0 Å². The number of benzene rings is 2. The maximum absolute atomic E-state index is 13.4. The fourth-order valence-electron chi connectivity index (χ4n) is 4.02. The zero-order valence-electron chi connectivity index (χ0n) is 19.1. The van der Waals surface area contributed by atoms with Crippen molar-refractivity contribution in [1.29, 1.82) is 0 Å². The second-order valence-corrected chi connectivity index (χ2v) is 9.11. The summed E-state index contributed by atoms with van der Waals surface area (Å²) in [5.41, 5.74) is 3.60. The number of carbonyl (C=O) groups excluding carboxylic acids is 1. The standard InChI is InChI=1S/C24H25N7O2S/c1-17-21(18(2)33-26-17)16-34-22-11-7-6-10-20(22)23(32)29-12-14-30(15-13-29)24-25-27-28-31(24)19-8-4-3-5-9-19/h3-11H,12-16H2,1-2H3. The lowest BCUT2D eigenvalue weighted by atomic mass is 10.2. The molecule has 174 valence electrons. The molecular weight excluding hydrogens is 450 g/mol. The number of hydrogen-bond acceptors (Lipinski definition) is 8. The van der Waals surface area contributed by atoms with E-state index in [2.05, 4.69) is 25.6 Å². The number of hydrogen-bond donors (Lipinski definition) is 0. The molecule has 1 aliphatic heterocycles. The molecule has 1 saturated heterocycles. The molecule has 2 aromatic heterocycles. The van der Waals surface area contributed by atoms with Gasteiger partial charge in [0, 0.05) is 42.4 Å². The maximum Gasteiger partial charge on any atom is 0.255 e. The fourth-order valence-corrected chi connectivity index (χ4v) is 5.22. The molecule has 5 rings (SSSR count). The van der Waals surface area contributed by atoms with Gasteiger partial charge in [-0.2, -0.15) is 4.68 Å². The summed E-state index contributed by atoms with van der Waals surface area (Å²) in [5.74, 6) is 2.27. The van der Waals surface area contributed by atoms with E-state index in [4.69, 9.17) is 4.52 Å². The Morgan fingerprint density at radius 2 is 1.74 bits per heavy atom. The van der Waals surface area contributed by atoms with Gasteiger partial charge in [0.25, 0.3) is 5.91 Å². The average Bonchev–Trinajstić information content (AvgIpc) is 3.50. The Labute approximate surface area is 201 Å². The Bertz CT molecular complexity index is 1260. The Balaban J connectivity index is 1.26. The summed E-state index contributed by atoms with van der Waals surface area (Å²) in [5, 5.41) is 16.3. The lowest BCUT2D eigenvalue weighted by Gasteiger charge is -2.35. The Morgan fingerprint density at radius 1 is 1.00 bits per heavy atom. The SMILES string of the molecule is Cc1noc(C)c1CSc1ccccc1C(=O)N1CCN(c2nnnn2-c2ccccc2)CC1. The lowest BCUT2D eigenvalue weighted by Crippen LogP contribution is -2.49. The molecule has 4 aromatic rings. The maximum atomic E-state index is 13.4. The summed E-state index contributed by atoms with van der Waals surface area (Å²) in [6.07, 6.45) is 0. The second kappa shape index (κ2) is 9.68. The highest BCUT2D eigenvalue weighted by atomic mass is 32.2. The van der Waals surface area contributed by atoms with Crippen molar-refractivity contribution in [2.45, 2.75) is 24.5 Å². The number of nitrogens with zero attached hydrogens (tertiary/aromatic N) is 7. The van der Waals surface area contributed by atoms with E-state index in [-0.39, 0.29) is 5.91 Å². The number of piperazine rings is 1. The van der Waals surface area contributed by atoms with Gasteiger partial charge < -0.3 is 14.3 Å². The summed E-state index contributed by atoms with van der Waals surface area (Å²) in [4.78, 5) is 18.4. The molecular formula is C24H25N7O2S. The minimum absolute atomic E-state index is 0.0455. The van der Waals surface area contributed by atoms with Crippen LogP contribution in [0, 0.1) is 13.8 Å². The molecule has 0 unspecified atom stereocenters. The van der Waals surface area contributed by atoms with Crippen molar-refractivity contribution in [3.8, 4) is 5.69 Å². The number of tetrazole rings is 1. The van der Waals surface area contributed by atoms with E-state index in [1.54, 1.807) is 16.4 Å². The summed E-state index contributed by atoms with van der Waals surface area (Å²) in [7, 11) is 0. The third-order valence-electron chi connectivity index (χ3n) is 5.97. The summed E-state index contributed by atoms with van der Waals surface area (Å²) >= 11 is 1.64. The van der Waals surface area contributed by atoms with Crippen molar-refractivity contribution in [2.75, 3.05) is 31.1 Å². The number of para-hydroxylation sites is 1. The Kier molecular flexibility index (Phi) is 6.31. The molecule has 0 spiro atoms. The van der Waals surface area contributed by atoms with Crippen molar-refractivity contribution in [1.82, 2.24) is 30.3 Å². The molecule has 0 radical (unpaired) electrons. The molecule has 3 heterocycles. The molecule has 1 aliphatic rings. The van der Waals surface area contributed by atoms with Gasteiger partial charge in [0.1, 0.15) is 5.76 Å². The predicted molar refractivity (Wildman–Crippen MR) is 129 cm³/mol. The lowest BCUT2D eigenvalue weighted by molar-refractivity contribution is 0.0742. The average molecular weight is 476 g/mol. The highest BCUT2D eigenvalue weighted by molar-refractivity contribution is 7.98. The monoisotopic (exact) mass is 475 g/mol. The number of amides is 1. The van der Waals surface area contributed by atoms with E-state index in [0.29, 0.717) is 37.9 Å². The highest BCUT2D eigenvalue weighted by Gasteiger charge is 2.27. The minimum atomic E-state index is 0.0455. The van der Waals surface area contributed by atoms with E-state index in [1.165, 1.54) is 0 Å². The first-order valence-electron chi connectivity index (χ1n) is 11.1. The van der Waals surface area contributed by atoms with E-state index < -0.39 is 0 Å². The van der Waals surface area contributed by atoms with Crippen LogP contribution >= 0.6 is 11.8 Å². The van der Waals surface area contributed by atoms with Gasteiger partial charge in [-0.1, -0.05) is 40.6 Å². The van der Waals surface area contributed by atoms with Crippen molar-refractivity contribution in [3.63, 3.8) is 0 Å². The van der Waals surface area contributed by atoms with Gasteiger partial charge in [0.05, 0.1) is 16.9 Å². The quantitative estimate of drug-likeness (QED) is 0.391. The van der Waals surface area contributed by atoms with Crippen LogP contribution in [-0.4, -0.2) is 62.4 Å². The third-order valence-corrected chi connectivity index (χ3v) is 7.07. The van der Waals surface area contributed by atoms with Crippen LogP contribution in [-0.2, 0) is 5.75 Å². The van der Waals surface area contributed by atoms with E-state index in [9.17, 15) is 4.79 Å². The molecule has 10 heteroatoms. The first-order chi connectivity index (χ1) is 16.6. The molecule has 0 N–H and O–H groups in total. The predicted octanol–water partition coefficient (Wildman–Crippen LogP) is 3.52. The van der Waals surface area contributed by atoms with Crippen LogP contribution in [0.3, 0.4) is 0 Å². The molecule has 0 saturated carbocycles. The summed E-state index contributed by atoms with van der Waals surface area (Å²) in [6.45, 7) is 6.38. The molecule has 0 bridgehead atoms. The van der Waals surface area contributed by atoms with Crippen LogP contribution in [0.2, 0.25) is 0 Å². The zero-order valence-corrected chi connectivity index (χ0v) is 19.9. The van der Waals surface area contributed by atoms with Gasteiger partial charge in [-0.25, -0.2) is 0 Å². The van der Waals surface area contributed by atoms with E-state index in [1.807, 2.05) is 73.3 Å². The molecule has 34 heavy (non-hydrogen) atoms. The van der Waals surface area contributed by atoms with Gasteiger partial charge in [-0.05, 0) is 48.5 Å². The van der Waals surface area contributed by atoms with Crippen LogP contribution < -0.4 is 4.90 Å². The molecule has 0 aliphatic carbocycles. The van der Waals surface area contributed by atoms with Gasteiger partial charge in [-0.15, -0.1) is 11.8 Å². The summed E-state index contributed by atoms with van der Waals surface area (Å²) in [6, 6.07) is 17.6. The molecule has 9 nitrogen and oxygen atoms in total. The van der Waals surface area contributed by atoms with Gasteiger partial charge in [-0.3, -0.25) is 4.79 Å². The summed E-state index contributed by atoms with van der Waals surface area (Å²) < 4.78 is 7.01. The Morgan fingerprint density at radius 3 is 2.47 bits per heavy atom. The number of thioether (sulfide) groups is 1. The van der Waals surface area contributed by atoms with Gasteiger partial charge in [0.15, 0.2) is 0 Å². The van der Waals surface area contributed by atoms with Crippen LogP contribution in [0.15, 0.2) is 64.0 Å². The topological polar surface area (TPSA) is 93.2 Å². The number of carbonyl (C=O) groups is 1. The van der Waals surface area contributed by atoms with E-state index in [0.717, 1.165) is 33.2 Å². The largest absolute Gasteiger partial charge is 0.361 e. The smallest absolute Gasteiger partial charge is 0.255 e. The van der Waals surface area contributed by atoms with Crippen molar-refractivity contribution in [2.24, 2.45) is 0 Å². The van der Waals surface area contributed by atoms with Crippen LogP contribution in [0.1, 0.15) is 27.4 Å². The normalized spacial score (nSPS) is 13.9. The zero-order chi connectivity index (χ0) is 23.5. The second-order valence-electron chi connectivity index (χ2n) is 8.09. The molecule has 1 amide bonds. The van der Waals surface area contributed by atoms with Crippen molar-refractivity contribution in [3.05, 3.63) is 77.2 Å². The van der Waals surface area contributed by atoms with Crippen LogP contribution in [0.25, 0.3) is 5.69 Å². The molecule has 1 fully saturated rings. The van der Waals surface area contributed by atoms with Crippen LogP contribution in [0.4, 0.5) is 5.95 Å². The van der Waals surface area contributed by atoms with E-state index >= 15 is 0 Å². The van der Waals surface area contributed by atoms with Gasteiger partial charge >= 0.3 is 0 Å². The Hall–Kier alpha value is -3.66. The minimum Gasteiger partial charge on any atom is -0.361 e. The van der Waals surface area contributed by atoms with Crippen molar-refractivity contribution < 1.29 is 9.32 Å². The molecule has 2 aromatic carbocycles. The van der Waals surface area contributed by atoms with Gasteiger partial charge in [0.2, 0.25) is 5.95 Å². The first-order valence-corrected chi connectivity index (χ1v) is 12.1. The fraction of sp³-hybridized carbons (Fsp3) is 0.292. The van der Waals surface area contributed by atoms with Crippen molar-refractivity contribution >= 4 is 23.6 Å². The number of aryl methyl sites for hydroxylation is 2. The number of anilines is 1. The number of aromatic nitrogens is 5. The molecule has 0 atom stereocenters. The first kappa shape index (κ1) is 22.1. The highest BCUT2D eigenvalue weighted by Crippen LogP contribution is 2.30. The third kappa shape index (κ3) is 4.41. The number of rotatable bonds is 6.